The molecule has 2 N–H and O–H groups in total. The molecule has 33 heavy (non-hydrogen) atoms. The second kappa shape index (κ2) is 11.5. The van der Waals surface area contributed by atoms with Crippen LogP contribution >= 0.6 is 12.4 Å². The number of amides is 2. The molecule has 2 fully saturated rings. The Morgan fingerprint density at radius 3 is 2.52 bits per heavy atom. The predicted octanol–water partition coefficient (Wildman–Crippen LogP) is 3.01. The molecule has 4 rings (SSSR count). The fraction of sp³-hybridized carbons (Fsp3) is 0.480. The van der Waals surface area contributed by atoms with Crippen molar-refractivity contribution in [1.82, 2.24) is 15.5 Å². The number of carbonyl (C=O) groups excluding carboxylic acids is 2. The van der Waals surface area contributed by atoms with Gasteiger partial charge < -0.3 is 20.0 Å². The van der Waals surface area contributed by atoms with Crippen LogP contribution in [0.1, 0.15) is 58.8 Å². The SMILES string of the molecule is Cc1cc(C2CCCNC2)oc(=O)c1C(=O)N1CCC(C(=O)NCc2ccccc2)CC1.Cl. The van der Waals surface area contributed by atoms with Crippen molar-refractivity contribution < 1.29 is 14.0 Å². The number of aryl methyl sites for hydroxylation is 1. The highest BCUT2D eigenvalue weighted by Crippen LogP contribution is 2.25. The van der Waals surface area contributed by atoms with Crippen molar-refractivity contribution in [1.29, 1.82) is 0 Å². The first-order chi connectivity index (χ1) is 15.5. The first-order valence-corrected chi connectivity index (χ1v) is 11.5. The fourth-order valence-electron chi connectivity index (χ4n) is 4.62. The molecule has 3 heterocycles. The summed E-state index contributed by atoms with van der Waals surface area (Å²) in [6.45, 7) is 4.98. The molecule has 7 nitrogen and oxygen atoms in total. The van der Waals surface area contributed by atoms with Crippen molar-refractivity contribution in [3.8, 4) is 0 Å². The van der Waals surface area contributed by atoms with E-state index in [1.807, 2.05) is 36.4 Å². The van der Waals surface area contributed by atoms with Crippen molar-refractivity contribution in [3.63, 3.8) is 0 Å². The van der Waals surface area contributed by atoms with Gasteiger partial charge in [-0.15, -0.1) is 12.4 Å². The number of likely N-dealkylation sites (tertiary alicyclic amines) is 1. The Morgan fingerprint density at radius 2 is 1.88 bits per heavy atom. The molecule has 0 radical (unpaired) electrons. The summed E-state index contributed by atoms with van der Waals surface area (Å²) in [5, 5.41) is 6.31. The topological polar surface area (TPSA) is 91.7 Å². The van der Waals surface area contributed by atoms with Gasteiger partial charge in [-0.1, -0.05) is 30.3 Å². The minimum absolute atomic E-state index is 0. The molecule has 0 aliphatic carbocycles. The summed E-state index contributed by atoms with van der Waals surface area (Å²) in [5.74, 6) is 0.422. The van der Waals surface area contributed by atoms with Crippen molar-refractivity contribution >= 4 is 24.2 Å². The molecule has 0 spiro atoms. The van der Waals surface area contributed by atoms with Crippen molar-refractivity contribution in [2.45, 2.75) is 45.1 Å². The van der Waals surface area contributed by atoms with Gasteiger partial charge in [-0.25, -0.2) is 4.79 Å². The zero-order valence-corrected chi connectivity index (χ0v) is 19.8. The lowest BCUT2D eigenvalue weighted by Gasteiger charge is -2.31. The van der Waals surface area contributed by atoms with Crippen LogP contribution in [0.4, 0.5) is 0 Å². The van der Waals surface area contributed by atoms with Crippen LogP contribution in [-0.2, 0) is 11.3 Å². The number of nitrogens with zero attached hydrogens (tertiary/aromatic N) is 1. The molecule has 1 aromatic heterocycles. The predicted molar refractivity (Wildman–Crippen MR) is 129 cm³/mol. The van der Waals surface area contributed by atoms with Gasteiger partial charge in [0.2, 0.25) is 5.91 Å². The normalized spacial score (nSPS) is 18.9. The Morgan fingerprint density at radius 1 is 1.15 bits per heavy atom. The molecule has 1 unspecified atom stereocenters. The van der Waals surface area contributed by atoms with Crippen LogP contribution < -0.4 is 16.3 Å². The zero-order valence-electron chi connectivity index (χ0n) is 19.0. The van der Waals surface area contributed by atoms with Gasteiger partial charge >= 0.3 is 5.63 Å². The summed E-state index contributed by atoms with van der Waals surface area (Å²) in [6, 6.07) is 11.6. The maximum absolute atomic E-state index is 13.1. The van der Waals surface area contributed by atoms with Crippen LogP contribution in [0.15, 0.2) is 45.6 Å². The lowest BCUT2D eigenvalue weighted by molar-refractivity contribution is -0.126. The summed E-state index contributed by atoms with van der Waals surface area (Å²) < 4.78 is 5.57. The van der Waals surface area contributed by atoms with Crippen LogP contribution in [-0.4, -0.2) is 42.9 Å². The van der Waals surface area contributed by atoms with Gasteiger partial charge in [0.05, 0.1) is 0 Å². The summed E-state index contributed by atoms with van der Waals surface area (Å²) >= 11 is 0. The molecule has 1 atom stereocenters. The highest BCUT2D eigenvalue weighted by molar-refractivity contribution is 5.95. The van der Waals surface area contributed by atoms with Crippen molar-refractivity contribution in [2.24, 2.45) is 5.92 Å². The van der Waals surface area contributed by atoms with Crippen molar-refractivity contribution in [3.05, 3.63) is 69.3 Å². The van der Waals surface area contributed by atoms with E-state index in [0.29, 0.717) is 43.8 Å². The second-order valence-electron chi connectivity index (χ2n) is 8.81. The van der Waals surface area contributed by atoms with Crippen LogP contribution in [0.3, 0.4) is 0 Å². The minimum atomic E-state index is -0.557. The first kappa shape index (κ1) is 25.0. The summed E-state index contributed by atoms with van der Waals surface area (Å²) in [7, 11) is 0. The molecular weight excluding hydrogens is 442 g/mol. The summed E-state index contributed by atoms with van der Waals surface area (Å²) in [5.41, 5.74) is 1.28. The zero-order chi connectivity index (χ0) is 22.5. The molecule has 2 aromatic rings. The number of halogens is 1. The lowest BCUT2D eigenvalue weighted by Crippen LogP contribution is -2.44. The van der Waals surface area contributed by atoms with Crippen LogP contribution in [0.5, 0.6) is 0 Å². The summed E-state index contributed by atoms with van der Waals surface area (Å²) in [6.07, 6.45) is 3.19. The lowest BCUT2D eigenvalue weighted by atomic mass is 9.94. The van der Waals surface area contributed by atoms with Gasteiger partial charge in [0.25, 0.3) is 5.91 Å². The molecule has 2 aliphatic rings. The molecule has 178 valence electrons. The molecule has 0 bridgehead atoms. The van der Waals surface area contributed by atoms with Gasteiger partial charge in [0, 0.05) is 38.0 Å². The highest BCUT2D eigenvalue weighted by Gasteiger charge is 2.30. The second-order valence-corrected chi connectivity index (χ2v) is 8.81. The monoisotopic (exact) mass is 473 g/mol. The van der Waals surface area contributed by atoms with Gasteiger partial charge in [-0.05, 0) is 56.3 Å². The number of rotatable bonds is 5. The van der Waals surface area contributed by atoms with E-state index in [9.17, 15) is 14.4 Å². The Labute approximate surface area is 200 Å². The molecule has 2 amide bonds. The average Bonchev–Trinajstić information content (AvgIpc) is 2.83. The molecular formula is C25H32ClN3O4. The van der Waals surface area contributed by atoms with Gasteiger partial charge in [0.1, 0.15) is 11.3 Å². The molecule has 1 aromatic carbocycles. The maximum Gasteiger partial charge on any atom is 0.349 e. The van der Waals surface area contributed by atoms with E-state index in [0.717, 1.165) is 31.5 Å². The number of carbonyl (C=O) groups is 2. The van der Waals surface area contributed by atoms with Gasteiger partial charge in [0.15, 0.2) is 0 Å². The Hall–Kier alpha value is -2.64. The summed E-state index contributed by atoms with van der Waals surface area (Å²) in [4.78, 5) is 39.9. The van der Waals surface area contributed by atoms with E-state index in [1.54, 1.807) is 11.8 Å². The smallest absolute Gasteiger partial charge is 0.349 e. The number of benzene rings is 1. The highest BCUT2D eigenvalue weighted by atomic mass is 35.5. The Balaban J connectivity index is 0.00000306. The largest absolute Gasteiger partial charge is 0.427 e. The van der Waals surface area contributed by atoms with E-state index in [4.69, 9.17) is 4.42 Å². The van der Waals surface area contributed by atoms with E-state index < -0.39 is 5.63 Å². The van der Waals surface area contributed by atoms with E-state index in [1.165, 1.54) is 0 Å². The van der Waals surface area contributed by atoms with Crippen LogP contribution in [0, 0.1) is 12.8 Å². The van der Waals surface area contributed by atoms with E-state index >= 15 is 0 Å². The Kier molecular flexibility index (Phi) is 8.69. The van der Waals surface area contributed by atoms with Gasteiger partial charge in [-0.3, -0.25) is 9.59 Å². The number of piperidine rings is 2. The number of hydrogen-bond acceptors (Lipinski definition) is 5. The third kappa shape index (κ3) is 6.03. The maximum atomic E-state index is 13.1. The third-order valence-electron chi connectivity index (χ3n) is 6.54. The molecule has 8 heteroatoms. The third-order valence-corrected chi connectivity index (χ3v) is 6.54. The molecule has 2 aliphatic heterocycles. The van der Waals surface area contributed by atoms with Gasteiger partial charge in [-0.2, -0.15) is 0 Å². The Bertz CT molecular complexity index is 1010. The first-order valence-electron chi connectivity index (χ1n) is 11.5. The minimum Gasteiger partial charge on any atom is -0.427 e. The number of hydrogen-bond donors (Lipinski definition) is 2. The van der Waals surface area contributed by atoms with E-state index in [-0.39, 0.29) is 41.6 Å². The molecule has 2 saturated heterocycles. The van der Waals surface area contributed by atoms with Crippen LogP contribution in [0.2, 0.25) is 0 Å². The van der Waals surface area contributed by atoms with Crippen molar-refractivity contribution in [2.75, 3.05) is 26.2 Å². The quantitative estimate of drug-likeness (QED) is 0.696. The standard InChI is InChI=1S/C25H31N3O4.ClH/c1-17-14-21(20-8-5-11-26-16-20)32-25(31)22(17)24(30)28-12-9-19(10-13-28)23(29)27-15-18-6-3-2-4-7-18;/h2-4,6-7,14,19-20,26H,5,8-13,15-16H2,1H3,(H,27,29);1H. The fourth-order valence-corrected chi connectivity index (χ4v) is 4.62. The van der Waals surface area contributed by atoms with Crippen LogP contribution in [0.25, 0.3) is 0 Å². The average molecular weight is 474 g/mol. The molecule has 0 saturated carbocycles. The number of nitrogens with one attached hydrogen (secondary N) is 2. The van der Waals surface area contributed by atoms with E-state index in [2.05, 4.69) is 10.6 Å².